The molecule has 1 atom stereocenters. The zero-order chi connectivity index (χ0) is 12.7. The second-order valence-electron chi connectivity index (χ2n) is 3.50. The second kappa shape index (κ2) is 6.32. The molecular formula is C9H15N5O2S. The Balaban J connectivity index is 2.33. The van der Waals surface area contributed by atoms with Crippen LogP contribution in [0.3, 0.4) is 0 Å². The summed E-state index contributed by atoms with van der Waals surface area (Å²) in [7, 11) is -3.52. The van der Waals surface area contributed by atoms with E-state index in [1.807, 2.05) is 0 Å². The molecule has 2 N–H and O–H groups in total. The van der Waals surface area contributed by atoms with E-state index in [0.717, 1.165) is 5.82 Å². The molecule has 7 nitrogen and oxygen atoms in total. The van der Waals surface area contributed by atoms with E-state index in [1.54, 1.807) is 13.0 Å². The normalized spacial score (nSPS) is 13.2. The highest BCUT2D eigenvalue weighted by Gasteiger charge is 2.22. The summed E-state index contributed by atoms with van der Waals surface area (Å²) < 4.78 is 25.6. The number of aromatic amines is 1. The average Bonchev–Trinajstić information content (AvgIpc) is 2.78. The standard InChI is InChI=1S/C9H15N5O2S/c1-2-8(6-10)17(15,16)13-5-3-4-9-11-7-12-14-9/h7-8,13H,2-5H2,1H3,(H,11,12,14). The predicted molar refractivity (Wildman–Crippen MR) is 61.3 cm³/mol. The zero-order valence-corrected chi connectivity index (χ0v) is 10.4. The van der Waals surface area contributed by atoms with Gasteiger partial charge in [-0.2, -0.15) is 10.4 Å². The molecule has 0 saturated heterocycles. The molecule has 1 unspecified atom stereocenters. The van der Waals surface area contributed by atoms with Gasteiger partial charge in [-0.3, -0.25) is 5.10 Å². The van der Waals surface area contributed by atoms with Gasteiger partial charge in [-0.05, 0) is 12.8 Å². The Kier molecular flexibility index (Phi) is 5.06. The summed E-state index contributed by atoms with van der Waals surface area (Å²) in [5.41, 5.74) is 0. The molecule has 1 aromatic heterocycles. The number of nitrogens with one attached hydrogen (secondary N) is 2. The quantitative estimate of drug-likeness (QED) is 0.666. The fourth-order valence-corrected chi connectivity index (χ4v) is 2.51. The van der Waals surface area contributed by atoms with Crippen molar-refractivity contribution in [1.29, 1.82) is 5.26 Å². The highest BCUT2D eigenvalue weighted by atomic mass is 32.2. The summed E-state index contributed by atoms with van der Waals surface area (Å²) in [4.78, 5) is 3.92. The first-order valence-corrected chi connectivity index (χ1v) is 6.87. The van der Waals surface area contributed by atoms with Gasteiger partial charge in [0.2, 0.25) is 10.0 Å². The van der Waals surface area contributed by atoms with Crippen LogP contribution in [-0.4, -0.2) is 35.4 Å². The van der Waals surface area contributed by atoms with Crippen molar-refractivity contribution in [2.24, 2.45) is 0 Å². The summed E-state index contributed by atoms with van der Waals surface area (Å²) in [6, 6.07) is 1.77. The van der Waals surface area contributed by atoms with Gasteiger partial charge in [0.15, 0.2) is 5.25 Å². The topological polar surface area (TPSA) is 112 Å². The Labute approximate surface area is 100 Å². The van der Waals surface area contributed by atoms with Gasteiger partial charge < -0.3 is 0 Å². The number of sulfonamides is 1. The van der Waals surface area contributed by atoms with Crippen molar-refractivity contribution in [3.63, 3.8) is 0 Å². The van der Waals surface area contributed by atoms with Crippen molar-refractivity contribution in [2.75, 3.05) is 6.54 Å². The molecule has 1 heterocycles. The highest BCUT2D eigenvalue weighted by molar-refractivity contribution is 7.90. The predicted octanol–water partition coefficient (Wildman–Crippen LogP) is -0.0411. The van der Waals surface area contributed by atoms with Crippen molar-refractivity contribution in [3.8, 4) is 6.07 Å². The van der Waals surface area contributed by atoms with Gasteiger partial charge >= 0.3 is 0 Å². The van der Waals surface area contributed by atoms with Crippen LogP contribution in [0.15, 0.2) is 6.33 Å². The lowest BCUT2D eigenvalue weighted by molar-refractivity contribution is 0.569. The van der Waals surface area contributed by atoms with Crippen LogP contribution in [0.4, 0.5) is 0 Å². The van der Waals surface area contributed by atoms with Crippen LogP contribution in [0.25, 0.3) is 0 Å². The SMILES string of the molecule is CCC(C#N)S(=O)(=O)NCCCc1ncn[nH]1. The van der Waals surface area contributed by atoms with E-state index in [1.165, 1.54) is 6.33 Å². The molecule has 0 aliphatic rings. The van der Waals surface area contributed by atoms with Crippen LogP contribution < -0.4 is 4.72 Å². The molecule has 0 bridgehead atoms. The third kappa shape index (κ3) is 4.13. The van der Waals surface area contributed by atoms with Crippen molar-refractivity contribution in [2.45, 2.75) is 31.4 Å². The number of nitrogens with zero attached hydrogens (tertiary/aromatic N) is 3. The number of H-pyrrole nitrogens is 1. The first-order chi connectivity index (χ1) is 8.10. The molecule has 0 amide bonds. The van der Waals surface area contributed by atoms with E-state index in [2.05, 4.69) is 19.9 Å². The van der Waals surface area contributed by atoms with Crippen molar-refractivity contribution < 1.29 is 8.42 Å². The minimum Gasteiger partial charge on any atom is -0.263 e. The summed E-state index contributed by atoms with van der Waals surface area (Å²) in [6.07, 6.45) is 2.92. The second-order valence-corrected chi connectivity index (χ2v) is 5.45. The maximum absolute atomic E-state index is 11.6. The molecule has 0 aromatic carbocycles. The van der Waals surface area contributed by atoms with Crippen molar-refractivity contribution in [1.82, 2.24) is 19.9 Å². The van der Waals surface area contributed by atoms with Gasteiger partial charge in [0, 0.05) is 13.0 Å². The minimum absolute atomic E-state index is 0.286. The van der Waals surface area contributed by atoms with E-state index >= 15 is 0 Å². The van der Waals surface area contributed by atoms with E-state index in [9.17, 15) is 8.42 Å². The van der Waals surface area contributed by atoms with Crippen LogP contribution in [0, 0.1) is 11.3 Å². The van der Waals surface area contributed by atoms with Gasteiger partial charge in [-0.15, -0.1) is 0 Å². The van der Waals surface area contributed by atoms with E-state index in [-0.39, 0.29) is 6.42 Å². The molecule has 1 rings (SSSR count). The summed E-state index contributed by atoms with van der Waals surface area (Å²) >= 11 is 0. The molecule has 0 fully saturated rings. The molecular weight excluding hydrogens is 242 g/mol. The lowest BCUT2D eigenvalue weighted by Gasteiger charge is -2.09. The number of aryl methyl sites for hydroxylation is 1. The molecule has 0 aliphatic heterocycles. The fourth-order valence-electron chi connectivity index (χ4n) is 1.30. The van der Waals surface area contributed by atoms with Crippen LogP contribution in [0.2, 0.25) is 0 Å². The summed E-state index contributed by atoms with van der Waals surface area (Å²) in [6.45, 7) is 1.96. The maximum Gasteiger partial charge on any atom is 0.227 e. The van der Waals surface area contributed by atoms with Crippen LogP contribution in [-0.2, 0) is 16.4 Å². The van der Waals surface area contributed by atoms with E-state index < -0.39 is 15.3 Å². The first-order valence-electron chi connectivity index (χ1n) is 5.32. The fraction of sp³-hybridized carbons (Fsp3) is 0.667. The molecule has 0 spiro atoms. The van der Waals surface area contributed by atoms with Gasteiger partial charge in [-0.25, -0.2) is 18.1 Å². The number of hydrogen-bond acceptors (Lipinski definition) is 5. The van der Waals surface area contributed by atoms with Crippen molar-refractivity contribution >= 4 is 10.0 Å². The number of rotatable bonds is 7. The Morgan fingerprint density at radius 2 is 2.41 bits per heavy atom. The Hall–Kier alpha value is -1.46. The Bertz CT molecular complexity index is 462. The van der Waals surface area contributed by atoms with Gasteiger partial charge in [0.05, 0.1) is 6.07 Å². The third-order valence-electron chi connectivity index (χ3n) is 2.25. The Morgan fingerprint density at radius 1 is 1.65 bits per heavy atom. The monoisotopic (exact) mass is 257 g/mol. The van der Waals surface area contributed by atoms with Crippen LogP contribution in [0.1, 0.15) is 25.6 Å². The lowest BCUT2D eigenvalue weighted by atomic mass is 10.3. The van der Waals surface area contributed by atoms with Gasteiger partial charge in [0.1, 0.15) is 12.2 Å². The Morgan fingerprint density at radius 3 is 2.94 bits per heavy atom. The molecule has 1 aromatic rings. The molecule has 0 aliphatic carbocycles. The number of nitriles is 1. The lowest BCUT2D eigenvalue weighted by Crippen LogP contribution is -2.33. The smallest absolute Gasteiger partial charge is 0.227 e. The summed E-state index contributed by atoms with van der Waals surface area (Å²) in [5, 5.41) is 14.1. The van der Waals surface area contributed by atoms with Gasteiger partial charge in [-0.1, -0.05) is 6.92 Å². The zero-order valence-electron chi connectivity index (χ0n) is 9.55. The highest BCUT2D eigenvalue weighted by Crippen LogP contribution is 2.02. The third-order valence-corrected chi connectivity index (χ3v) is 4.04. The number of aromatic nitrogens is 3. The molecule has 17 heavy (non-hydrogen) atoms. The first kappa shape index (κ1) is 13.6. The van der Waals surface area contributed by atoms with Gasteiger partial charge in [0.25, 0.3) is 0 Å². The molecule has 0 radical (unpaired) electrons. The average molecular weight is 257 g/mol. The summed E-state index contributed by atoms with van der Waals surface area (Å²) in [5.74, 6) is 0.719. The van der Waals surface area contributed by atoms with E-state index in [4.69, 9.17) is 5.26 Å². The number of hydrogen-bond donors (Lipinski definition) is 2. The van der Waals surface area contributed by atoms with Crippen LogP contribution in [0.5, 0.6) is 0 Å². The molecule has 8 heteroatoms. The molecule has 94 valence electrons. The molecule has 0 saturated carbocycles. The van der Waals surface area contributed by atoms with E-state index in [0.29, 0.717) is 19.4 Å². The van der Waals surface area contributed by atoms with Crippen molar-refractivity contribution in [3.05, 3.63) is 12.2 Å². The maximum atomic E-state index is 11.6. The largest absolute Gasteiger partial charge is 0.263 e. The van der Waals surface area contributed by atoms with Crippen LogP contribution >= 0.6 is 0 Å². The minimum atomic E-state index is -3.52.